The summed E-state index contributed by atoms with van der Waals surface area (Å²) in [5.74, 6) is -0.348. The number of carbonyl (C=O) groups is 1. The third-order valence-electron chi connectivity index (χ3n) is 2.67. The molecule has 5 nitrogen and oxygen atoms in total. The van der Waals surface area contributed by atoms with Crippen molar-refractivity contribution >= 4 is 43.6 Å². The van der Waals surface area contributed by atoms with Crippen LogP contribution in [0.15, 0.2) is 18.2 Å². The average Bonchev–Trinajstić information content (AvgIpc) is 2.90. The fourth-order valence-corrected chi connectivity index (χ4v) is 2.78. The monoisotopic (exact) mass is 261 g/mol. The van der Waals surface area contributed by atoms with Crippen LogP contribution in [-0.4, -0.2) is 22.5 Å². The van der Waals surface area contributed by atoms with E-state index in [9.17, 15) is 4.79 Å². The van der Waals surface area contributed by atoms with Crippen LogP contribution >= 0.6 is 11.3 Å². The number of esters is 1. The second-order valence-corrected chi connectivity index (χ2v) is 4.86. The highest BCUT2D eigenvalue weighted by molar-refractivity contribution is 7.23. The Morgan fingerprint density at radius 3 is 3.17 bits per heavy atom. The number of H-pyrrole nitrogens is 1. The van der Waals surface area contributed by atoms with Crippen molar-refractivity contribution in [3.05, 3.63) is 23.9 Å². The minimum absolute atomic E-state index is 0.348. The van der Waals surface area contributed by atoms with Gasteiger partial charge in [0.25, 0.3) is 0 Å². The van der Waals surface area contributed by atoms with Gasteiger partial charge in [0.15, 0.2) is 5.13 Å². The molecule has 0 saturated heterocycles. The number of carbonyl (C=O) groups excluding carboxylic acids is 1. The highest BCUT2D eigenvalue weighted by Gasteiger charge is 2.13. The van der Waals surface area contributed by atoms with E-state index in [2.05, 4.69) is 9.97 Å². The first-order chi connectivity index (χ1) is 8.69. The molecule has 0 aliphatic heterocycles. The number of nitrogens with two attached hydrogens (primary N) is 1. The standard InChI is InChI=1S/C12H11N3O2S/c1-2-17-11(16)9-5-6-7(14-9)3-4-8-10(6)18-12(13)15-8/h3-5,14H,2H2,1H3,(H2,13,15). The zero-order valence-corrected chi connectivity index (χ0v) is 10.5. The van der Waals surface area contributed by atoms with Crippen LogP contribution in [0.2, 0.25) is 0 Å². The topological polar surface area (TPSA) is 81.0 Å². The molecule has 0 saturated carbocycles. The Balaban J connectivity index is 2.22. The third kappa shape index (κ3) is 1.62. The van der Waals surface area contributed by atoms with Crippen LogP contribution in [0.5, 0.6) is 0 Å². The summed E-state index contributed by atoms with van der Waals surface area (Å²) in [6, 6.07) is 5.56. The van der Waals surface area contributed by atoms with Gasteiger partial charge in [0.2, 0.25) is 0 Å². The Morgan fingerprint density at radius 2 is 2.39 bits per heavy atom. The first-order valence-corrected chi connectivity index (χ1v) is 6.35. The van der Waals surface area contributed by atoms with E-state index < -0.39 is 0 Å². The van der Waals surface area contributed by atoms with Gasteiger partial charge in [-0.15, -0.1) is 0 Å². The van der Waals surface area contributed by atoms with E-state index >= 15 is 0 Å². The Hall–Kier alpha value is -2.08. The number of anilines is 1. The summed E-state index contributed by atoms with van der Waals surface area (Å²) in [5.41, 5.74) is 7.88. The second-order valence-electron chi connectivity index (χ2n) is 3.83. The molecule has 0 fully saturated rings. The number of nitrogens with zero attached hydrogens (tertiary/aromatic N) is 1. The SMILES string of the molecule is CCOC(=O)c1cc2c(ccc3nc(N)sc32)[nH]1. The van der Waals surface area contributed by atoms with Crippen molar-refractivity contribution < 1.29 is 9.53 Å². The number of ether oxygens (including phenoxy) is 1. The molecule has 0 unspecified atom stereocenters. The van der Waals surface area contributed by atoms with Crippen molar-refractivity contribution in [3.63, 3.8) is 0 Å². The van der Waals surface area contributed by atoms with E-state index in [1.807, 2.05) is 12.1 Å². The molecule has 3 N–H and O–H groups in total. The van der Waals surface area contributed by atoms with Crippen LogP contribution in [0, 0.1) is 0 Å². The summed E-state index contributed by atoms with van der Waals surface area (Å²) in [5, 5.41) is 1.47. The molecule has 18 heavy (non-hydrogen) atoms. The van der Waals surface area contributed by atoms with Gasteiger partial charge in [-0.25, -0.2) is 9.78 Å². The van der Waals surface area contributed by atoms with E-state index in [1.54, 1.807) is 13.0 Å². The Kier molecular flexibility index (Phi) is 2.45. The van der Waals surface area contributed by atoms with Gasteiger partial charge in [-0.1, -0.05) is 11.3 Å². The van der Waals surface area contributed by atoms with Crippen molar-refractivity contribution in [2.45, 2.75) is 6.92 Å². The van der Waals surface area contributed by atoms with E-state index in [4.69, 9.17) is 10.5 Å². The Labute approximate surface area is 107 Å². The zero-order valence-electron chi connectivity index (χ0n) is 9.69. The summed E-state index contributed by atoms with van der Waals surface area (Å²) in [6.45, 7) is 2.14. The summed E-state index contributed by atoms with van der Waals surface area (Å²) < 4.78 is 5.95. The van der Waals surface area contributed by atoms with Crippen LogP contribution in [0.4, 0.5) is 5.13 Å². The van der Waals surface area contributed by atoms with Gasteiger partial charge in [-0.2, -0.15) is 0 Å². The average molecular weight is 261 g/mol. The molecule has 3 rings (SSSR count). The number of benzene rings is 1. The maximum absolute atomic E-state index is 11.7. The van der Waals surface area contributed by atoms with Gasteiger partial charge in [0.1, 0.15) is 5.69 Å². The number of aromatic nitrogens is 2. The molecular formula is C12H11N3O2S. The van der Waals surface area contributed by atoms with Crippen LogP contribution in [0.3, 0.4) is 0 Å². The molecule has 0 aliphatic carbocycles. The number of hydrogen-bond acceptors (Lipinski definition) is 5. The van der Waals surface area contributed by atoms with Crippen molar-refractivity contribution in [1.82, 2.24) is 9.97 Å². The van der Waals surface area contributed by atoms with Gasteiger partial charge in [0, 0.05) is 10.9 Å². The fourth-order valence-electron chi connectivity index (χ4n) is 1.93. The van der Waals surface area contributed by atoms with E-state index in [0.717, 1.165) is 21.1 Å². The lowest BCUT2D eigenvalue weighted by Crippen LogP contribution is -2.04. The van der Waals surface area contributed by atoms with Gasteiger partial charge in [0.05, 0.1) is 16.8 Å². The maximum Gasteiger partial charge on any atom is 0.354 e. The highest BCUT2D eigenvalue weighted by Crippen LogP contribution is 2.31. The maximum atomic E-state index is 11.7. The van der Waals surface area contributed by atoms with Gasteiger partial charge < -0.3 is 15.5 Å². The van der Waals surface area contributed by atoms with Gasteiger partial charge in [-0.05, 0) is 25.1 Å². The van der Waals surface area contributed by atoms with Crippen LogP contribution in [-0.2, 0) is 4.74 Å². The lowest BCUT2D eigenvalue weighted by molar-refractivity contribution is 0.0520. The molecule has 92 valence electrons. The quantitative estimate of drug-likeness (QED) is 0.694. The Bertz CT molecular complexity index is 744. The minimum atomic E-state index is -0.348. The number of thiazole rings is 1. The molecule has 0 bridgehead atoms. The number of nitrogen functional groups attached to an aromatic ring is 1. The molecule has 6 heteroatoms. The molecule has 1 aromatic carbocycles. The third-order valence-corrected chi connectivity index (χ3v) is 3.60. The molecule has 0 aliphatic rings. The van der Waals surface area contributed by atoms with Gasteiger partial charge >= 0.3 is 5.97 Å². The predicted octanol–water partition coefficient (Wildman–Crippen LogP) is 2.54. The van der Waals surface area contributed by atoms with E-state index in [1.165, 1.54) is 11.3 Å². The van der Waals surface area contributed by atoms with E-state index in [0.29, 0.717) is 17.4 Å². The Morgan fingerprint density at radius 1 is 1.56 bits per heavy atom. The fraction of sp³-hybridized carbons (Fsp3) is 0.167. The van der Waals surface area contributed by atoms with Crippen molar-refractivity contribution in [3.8, 4) is 0 Å². The molecule has 2 heterocycles. The molecule has 0 spiro atoms. The van der Waals surface area contributed by atoms with Crippen LogP contribution < -0.4 is 5.73 Å². The minimum Gasteiger partial charge on any atom is -0.461 e. The largest absolute Gasteiger partial charge is 0.461 e. The molecule has 0 atom stereocenters. The van der Waals surface area contributed by atoms with E-state index in [-0.39, 0.29) is 5.97 Å². The number of nitrogens with one attached hydrogen (secondary N) is 1. The summed E-state index contributed by atoms with van der Waals surface area (Å²) in [4.78, 5) is 18.9. The number of fused-ring (bicyclic) bond motifs is 3. The van der Waals surface area contributed by atoms with Crippen LogP contribution in [0.25, 0.3) is 21.1 Å². The molecule has 3 aromatic rings. The number of aromatic amines is 1. The lowest BCUT2D eigenvalue weighted by Gasteiger charge is -1.96. The molecule has 0 amide bonds. The molecular weight excluding hydrogens is 250 g/mol. The second kappa shape index (κ2) is 3.99. The predicted molar refractivity (Wildman–Crippen MR) is 71.8 cm³/mol. The molecule has 0 radical (unpaired) electrons. The summed E-state index contributed by atoms with van der Waals surface area (Å²) in [6.07, 6.45) is 0. The highest BCUT2D eigenvalue weighted by atomic mass is 32.1. The zero-order chi connectivity index (χ0) is 12.7. The summed E-state index contributed by atoms with van der Waals surface area (Å²) in [7, 11) is 0. The normalized spacial score (nSPS) is 11.2. The lowest BCUT2D eigenvalue weighted by atomic mass is 10.2. The summed E-state index contributed by atoms with van der Waals surface area (Å²) >= 11 is 1.41. The number of hydrogen-bond donors (Lipinski definition) is 2. The first-order valence-electron chi connectivity index (χ1n) is 5.54. The molecule has 2 aromatic heterocycles. The van der Waals surface area contributed by atoms with Crippen LogP contribution in [0.1, 0.15) is 17.4 Å². The smallest absolute Gasteiger partial charge is 0.354 e. The first kappa shape index (κ1) is 11.0. The van der Waals surface area contributed by atoms with Crippen molar-refractivity contribution in [1.29, 1.82) is 0 Å². The van der Waals surface area contributed by atoms with Crippen molar-refractivity contribution in [2.75, 3.05) is 12.3 Å². The number of rotatable bonds is 2. The van der Waals surface area contributed by atoms with Crippen molar-refractivity contribution in [2.24, 2.45) is 0 Å². The van der Waals surface area contributed by atoms with Gasteiger partial charge in [-0.3, -0.25) is 0 Å².